The summed E-state index contributed by atoms with van der Waals surface area (Å²) in [4.78, 5) is 10.4. The van der Waals surface area contributed by atoms with Gasteiger partial charge in [0.05, 0.1) is 6.42 Å². The number of aliphatic carboxylic acids is 1. The predicted molar refractivity (Wildman–Crippen MR) is 53.7 cm³/mol. The molecule has 1 aromatic rings. The van der Waals surface area contributed by atoms with E-state index in [-0.39, 0.29) is 22.8 Å². The van der Waals surface area contributed by atoms with Crippen LogP contribution in [0.1, 0.15) is 24.8 Å². The highest BCUT2D eigenvalue weighted by Gasteiger charge is 2.18. The van der Waals surface area contributed by atoms with Gasteiger partial charge in [-0.3, -0.25) is 4.79 Å². The zero-order valence-electron chi connectivity index (χ0n) is 8.00. The molecule has 0 spiro atoms. The smallest absolute Gasteiger partial charge is 0.303 e. The molecule has 0 saturated carbocycles. The Morgan fingerprint density at radius 1 is 1.60 bits per heavy atom. The van der Waals surface area contributed by atoms with Gasteiger partial charge in [-0.15, -0.1) is 0 Å². The first-order valence-corrected chi connectivity index (χ1v) is 4.70. The van der Waals surface area contributed by atoms with E-state index in [0.29, 0.717) is 0 Å². The molecule has 0 saturated heterocycles. The average molecular weight is 233 g/mol. The summed E-state index contributed by atoms with van der Waals surface area (Å²) in [6.45, 7) is 1.58. The number of aromatic hydroxyl groups is 1. The second-order valence-electron chi connectivity index (χ2n) is 3.30. The largest absolute Gasteiger partial charge is 0.506 e. The lowest BCUT2D eigenvalue weighted by Crippen LogP contribution is -2.05. The lowest BCUT2D eigenvalue weighted by molar-refractivity contribution is -0.137. The molecule has 1 unspecified atom stereocenters. The van der Waals surface area contributed by atoms with Crippen LogP contribution in [0, 0.1) is 5.82 Å². The summed E-state index contributed by atoms with van der Waals surface area (Å²) in [6.07, 6.45) is -0.183. The summed E-state index contributed by atoms with van der Waals surface area (Å²) in [5, 5.41) is 17.3. The number of phenolic OH excluding ortho intramolecular Hbond substituents is 1. The molecule has 1 aromatic carbocycles. The van der Waals surface area contributed by atoms with Gasteiger partial charge in [0.2, 0.25) is 0 Å². The maximum atomic E-state index is 13.5. The molecule has 0 amide bonds. The van der Waals surface area contributed by atoms with Gasteiger partial charge in [0, 0.05) is 0 Å². The Labute approximate surface area is 91.1 Å². The van der Waals surface area contributed by atoms with Crippen molar-refractivity contribution in [3.05, 3.63) is 28.5 Å². The minimum Gasteiger partial charge on any atom is -0.506 e. The number of hydrogen-bond donors (Lipinski definition) is 2. The lowest BCUT2D eigenvalue weighted by atomic mass is 9.97. The Morgan fingerprint density at radius 3 is 2.73 bits per heavy atom. The second kappa shape index (κ2) is 4.49. The second-order valence-corrected chi connectivity index (χ2v) is 3.68. The van der Waals surface area contributed by atoms with Crippen LogP contribution in [-0.2, 0) is 4.79 Å². The maximum Gasteiger partial charge on any atom is 0.303 e. The minimum atomic E-state index is -1.01. The number of carbonyl (C=O) groups is 1. The Bertz CT molecular complexity index is 392. The number of rotatable bonds is 3. The Morgan fingerprint density at radius 2 is 2.20 bits per heavy atom. The molecule has 0 radical (unpaired) electrons. The van der Waals surface area contributed by atoms with Crippen LogP contribution in [0.4, 0.5) is 4.39 Å². The van der Waals surface area contributed by atoms with Crippen molar-refractivity contribution in [2.24, 2.45) is 0 Å². The van der Waals surface area contributed by atoms with Gasteiger partial charge in [-0.1, -0.05) is 24.6 Å². The van der Waals surface area contributed by atoms with Crippen LogP contribution in [0.25, 0.3) is 0 Å². The van der Waals surface area contributed by atoms with Crippen LogP contribution >= 0.6 is 11.6 Å². The lowest BCUT2D eigenvalue weighted by Gasteiger charge is -2.11. The average Bonchev–Trinajstić information content (AvgIpc) is 2.13. The van der Waals surface area contributed by atoms with Crippen molar-refractivity contribution in [3.63, 3.8) is 0 Å². The van der Waals surface area contributed by atoms with E-state index >= 15 is 0 Å². The van der Waals surface area contributed by atoms with Crippen molar-refractivity contribution in [2.75, 3.05) is 0 Å². The summed E-state index contributed by atoms with van der Waals surface area (Å²) < 4.78 is 13.5. The molecule has 2 N–H and O–H groups in total. The van der Waals surface area contributed by atoms with E-state index in [1.54, 1.807) is 6.92 Å². The van der Waals surface area contributed by atoms with Gasteiger partial charge in [0.1, 0.15) is 16.6 Å². The molecule has 3 nitrogen and oxygen atoms in total. The van der Waals surface area contributed by atoms with Crippen LogP contribution < -0.4 is 0 Å². The highest BCUT2D eigenvalue weighted by Crippen LogP contribution is 2.32. The van der Waals surface area contributed by atoms with Crippen LogP contribution in [0.5, 0.6) is 5.75 Å². The fourth-order valence-electron chi connectivity index (χ4n) is 1.31. The van der Waals surface area contributed by atoms with Crippen molar-refractivity contribution in [3.8, 4) is 5.75 Å². The summed E-state index contributed by atoms with van der Waals surface area (Å²) in [5.41, 5.74) is 0.195. The highest BCUT2D eigenvalue weighted by molar-refractivity contribution is 6.32. The Balaban J connectivity index is 3.05. The third-order valence-corrected chi connectivity index (χ3v) is 2.46. The van der Waals surface area contributed by atoms with Crippen LogP contribution in [0.2, 0.25) is 5.02 Å². The number of hydrogen-bond acceptors (Lipinski definition) is 2. The molecule has 0 aliphatic heterocycles. The van der Waals surface area contributed by atoms with Crippen molar-refractivity contribution in [1.29, 1.82) is 0 Å². The van der Waals surface area contributed by atoms with Gasteiger partial charge >= 0.3 is 5.97 Å². The first kappa shape index (κ1) is 11.8. The van der Waals surface area contributed by atoms with Gasteiger partial charge < -0.3 is 10.2 Å². The van der Waals surface area contributed by atoms with Crippen LogP contribution in [0.3, 0.4) is 0 Å². The molecule has 0 aliphatic rings. The molecule has 1 atom stereocenters. The molecular weight excluding hydrogens is 223 g/mol. The van der Waals surface area contributed by atoms with Gasteiger partial charge in [0.25, 0.3) is 0 Å². The van der Waals surface area contributed by atoms with Gasteiger partial charge in [-0.25, -0.2) is 4.39 Å². The van der Waals surface area contributed by atoms with Crippen LogP contribution in [-0.4, -0.2) is 16.2 Å². The van der Waals surface area contributed by atoms with E-state index in [1.807, 2.05) is 0 Å². The van der Waals surface area contributed by atoms with Gasteiger partial charge in [-0.2, -0.15) is 0 Å². The van der Waals surface area contributed by atoms with Crippen molar-refractivity contribution < 1.29 is 19.4 Å². The van der Waals surface area contributed by atoms with E-state index < -0.39 is 17.7 Å². The molecule has 0 aliphatic carbocycles. The van der Waals surface area contributed by atoms with Gasteiger partial charge in [-0.05, 0) is 17.5 Å². The third-order valence-electron chi connectivity index (χ3n) is 2.10. The standard InChI is InChI=1S/C10H10ClFO3/c1-5(4-8(14)15)6-2-3-7(13)9(11)10(6)12/h2-3,5,13H,4H2,1H3,(H,14,15). The van der Waals surface area contributed by atoms with Crippen molar-refractivity contribution in [2.45, 2.75) is 19.3 Å². The molecule has 0 aromatic heterocycles. The number of phenols is 1. The number of benzene rings is 1. The minimum absolute atomic E-state index is 0.183. The molecule has 0 fully saturated rings. The SMILES string of the molecule is CC(CC(=O)O)c1ccc(O)c(Cl)c1F. The van der Waals surface area contributed by atoms with E-state index in [9.17, 15) is 9.18 Å². The molecule has 82 valence electrons. The third kappa shape index (κ3) is 2.59. The first-order chi connectivity index (χ1) is 6.93. The number of halogens is 2. The van der Waals surface area contributed by atoms with Gasteiger partial charge in [0.15, 0.2) is 0 Å². The maximum absolute atomic E-state index is 13.5. The van der Waals surface area contributed by atoms with Crippen molar-refractivity contribution >= 4 is 17.6 Å². The molecule has 0 bridgehead atoms. The number of carboxylic acid groups (broad SMARTS) is 1. The topological polar surface area (TPSA) is 57.5 Å². The normalized spacial score (nSPS) is 12.5. The first-order valence-electron chi connectivity index (χ1n) is 4.32. The quantitative estimate of drug-likeness (QED) is 0.843. The van der Waals surface area contributed by atoms with E-state index in [0.717, 1.165) is 0 Å². The van der Waals surface area contributed by atoms with E-state index in [2.05, 4.69) is 0 Å². The predicted octanol–water partition coefficient (Wildman–Crippen LogP) is 2.76. The molecular formula is C10H10ClFO3. The summed E-state index contributed by atoms with van der Waals surface area (Å²) >= 11 is 5.49. The zero-order chi connectivity index (χ0) is 11.6. The fraction of sp³-hybridized carbons (Fsp3) is 0.300. The molecule has 1 rings (SSSR count). The Hall–Kier alpha value is -1.29. The van der Waals surface area contributed by atoms with E-state index in [4.69, 9.17) is 21.8 Å². The number of carboxylic acids is 1. The monoisotopic (exact) mass is 232 g/mol. The fourth-order valence-corrected chi connectivity index (χ4v) is 1.48. The highest BCUT2D eigenvalue weighted by atomic mass is 35.5. The zero-order valence-corrected chi connectivity index (χ0v) is 8.75. The summed E-state index contributed by atoms with van der Waals surface area (Å²) in [7, 11) is 0. The molecule has 0 heterocycles. The Kier molecular flexibility index (Phi) is 3.52. The molecule has 15 heavy (non-hydrogen) atoms. The van der Waals surface area contributed by atoms with E-state index in [1.165, 1.54) is 12.1 Å². The molecule has 5 heteroatoms. The summed E-state index contributed by atoms with van der Waals surface area (Å²) in [5.74, 6) is -2.60. The summed E-state index contributed by atoms with van der Waals surface area (Å²) in [6, 6.07) is 2.59. The van der Waals surface area contributed by atoms with Crippen molar-refractivity contribution in [1.82, 2.24) is 0 Å². The van der Waals surface area contributed by atoms with Crippen LogP contribution in [0.15, 0.2) is 12.1 Å².